The number of aromatic nitrogens is 1. The van der Waals surface area contributed by atoms with Gasteiger partial charge in [-0.25, -0.2) is 9.98 Å². The summed E-state index contributed by atoms with van der Waals surface area (Å²) in [5, 5.41) is 9.16. The predicted molar refractivity (Wildman–Crippen MR) is 120 cm³/mol. The number of rotatable bonds is 7. The minimum atomic E-state index is -0.152. The predicted octanol–water partition coefficient (Wildman–Crippen LogP) is 3.13. The molecule has 1 aromatic carbocycles. The number of carbonyl (C=O) groups is 1. The number of carbonyl (C=O) groups excluding carboxylic acids is 1. The Balaban J connectivity index is 0.00000392. The maximum atomic E-state index is 11.4. The quantitative estimate of drug-likeness (QED) is 0.306. The first-order valence-electron chi connectivity index (χ1n) is 8.82. The lowest BCUT2D eigenvalue weighted by Crippen LogP contribution is -2.36. The molecule has 9 heteroatoms. The molecule has 0 radical (unpaired) electrons. The lowest BCUT2D eigenvalue weighted by atomic mass is 10.2. The van der Waals surface area contributed by atoms with Crippen LogP contribution in [0.5, 0.6) is 5.75 Å². The summed E-state index contributed by atoms with van der Waals surface area (Å²) in [5.41, 5.74) is 2.46. The smallest absolute Gasteiger partial charge is 0.221 e. The maximum absolute atomic E-state index is 11.4. The van der Waals surface area contributed by atoms with E-state index in [1.165, 1.54) is 6.92 Å². The van der Waals surface area contributed by atoms with Crippen molar-refractivity contribution in [2.24, 2.45) is 4.99 Å². The number of hydrogen-bond acceptors (Lipinski definition) is 5. The largest absolute Gasteiger partial charge is 0.495 e. The van der Waals surface area contributed by atoms with Crippen LogP contribution in [-0.4, -0.2) is 30.5 Å². The number of guanidine groups is 1. The summed E-state index contributed by atoms with van der Waals surface area (Å²) in [6.45, 7) is 8.88. The standard InChI is InChI=1S/C19H27N5O3.HI/c1-6-20-19(22-11-18-23-12(2)13(3)27-18)21-10-15-7-8-17(26-5)16(9-15)24-14(4)25;/h7-9H,6,10-11H2,1-5H3,(H,24,25)(H2,20,21,22);1H. The molecule has 3 N–H and O–H groups in total. The van der Waals surface area contributed by atoms with Gasteiger partial charge >= 0.3 is 0 Å². The van der Waals surface area contributed by atoms with E-state index in [-0.39, 0.29) is 29.9 Å². The van der Waals surface area contributed by atoms with E-state index in [1.54, 1.807) is 7.11 Å². The number of aryl methyl sites for hydroxylation is 2. The van der Waals surface area contributed by atoms with Crippen LogP contribution in [0.1, 0.15) is 36.8 Å². The van der Waals surface area contributed by atoms with Gasteiger partial charge in [0.25, 0.3) is 0 Å². The van der Waals surface area contributed by atoms with Crippen LogP contribution < -0.4 is 20.7 Å². The molecule has 0 spiro atoms. The number of benzene rings is 1. The second-order valence-corrected chi connectivity index (χ2v) is 6.01. The number of halogens is 1. The number of oxazole rings is 1. The molecule has 1 amide bonds. The minimum absolute atomic E-state index is 0. The highest BCUT2D eigenvalue weighted by molar-refractivity contribution is 14.0. The Morgan fingerprint density at radius 3 is 2.61 bits per heavy atom. The van der Waals surface area contributed by atoms with Gasteiger partial charge in [0.15, 0.2) is 5.96 Å². The summed E-state index contributed by atoms with van der Waals surface area (Å²) >= 11 is 0. The molecule has 8 nitrogen and oxygen atoms in total. The summed E-state index contributed by atoms with van der Waals surface area (Å²) < 4.78 is 10.8. The lowest BCUT2D eigenvalue weighted by molar-refractivity contribution is -0.114. The number of aliphatic imine (C=N–C) groups is 1. The third-order valence-electron chi connectivity index (χ3n) is 3.82. The van der Waals surface area contributed by atoms with Gasteiger partial charge in [-0.1, -0.05) is 6.07 Å². The van der Waals surface area contributed by atoms with Crippen molar-refractivity contribution in [3.05, 3.63) is 41.1 Å². The van der Waals surface area contributed by atoms with Crippen LogP contribution in [0.2, 0.25) is 0 Å². The van der Waals surface area contributed by atoms with E-state index in [2.05, 4.69) is 25.9 Å². The zero-order valence-electron chi connectivity index (χ0n) is 16.9. The van der Waals surface area contributed by atoms with Crippen LogP contribution in [-0.2, 0) is 17.9 Å². The second kappa shape index (κ2) is 11.5. The van der Waals surface area contributed by atoms with E-state index in [0.717, 1.165) is 23.6 Å². The van der Waals surface area contributed by atoms with Crippen LogP contribution >= 0.6 is 24.0 Å². The van der Waals surface area contributed by atoms with Crippen molar-refractivity contribution < 1.29 is 13.9 Å². The first-order valence-corrected chi connectivity index (χ1v) is 8.82. The van der Waals surface area contributed by atoms with Gasteiger partial charge in [0.05, 0.1) is 31.6 Å². The first-order chi connectivity index (χ1) is 12.9. The van der Waals surface area contributed by atoms with Gasteiger partial charge in [-0.05, 0) is 38.5 Å². The summed E-state index contributed by atoms with van der Waals surface area (Å²) in [7, 11) is 1.57. The third-order valence-corrected chi connectivity index (χ3v) is 3.82. The fourth-order valence-corrected chi connectivity index (χ4v) is 2.43. The number of ether oxygens (including phenoxy) is 1. The second-order valence-electron chi connectivity index (χ2n) is 6.01. The summed E-state index contributed by atoms with van der Waals surface area (Å²) in [5.74, 6) is 2.55. The highest BCUT2D eigenvalue weighted by Gasteiger charge is 2.08. The van der Waals surface area contributed by atoms with Crippen LogP contribution in [0.15, 0.2) is 27.6 Å². The van der Waals surface area contributed by atoms with Crippen molar-refractivity contribution in [2.45, 2.75) is 40.8 Å². The molecule has 154 valence electrons. The van der Waals surface area contributed by atoms with E-state index in [4.69, 9.17) is 9.15 Å². The topological polar surface area (TPSA) is 101 Å². The fraction of sp³-hybridized carbons (Fsp3) is 0.421. The van der Waals surface area contributed by atoms with E-state index in [0.29, 0.717) is 36.4 Å². The monoisotopic (exact) mass is 501 g/mol. The molecule has 0 saturated heterocycles. The number of methoxy groups -OCH3 is 1. The molecule has 0 saturated carbocycles. The van der Waals surface area contributed by atoms with Crippen LogP contribution in [0.3, 0.4) is 0 Å². The molecule has 28 heavy (non-hydrogen) atoms. The molecule has 0 unspecified atom stereocenters. The van der Waals surface area contributed by atoms with Gasteiger partial charge in [-0.2, -0.15) is 0 Å². The summed E-state index contributed by atoms with van der Waals surface area (Å²) in [6.07, 6.45) is 0. The average molecular weight is 501 g/mol. The maximum Gasteiger partial charge on any atom is 0.221 e. The van der Waals surface area contributed by atoms with Gasteiger partial charge in [-0.15, -0.1) is 24.0 Å². The van der Waals surface area contributed by atoms with Gasteiger partial charge in [0.1, 0.15) is 11.5 Å². The third kappa shape index (κ3) is 7.02. The van der Waals surface area contributed by atoms with Crippen molar-refractivity contribution in [2.75, 3.05) is 19.0 Å². The SMILES string of the molecule is CCNC(=NCc1ccc(OC)c(NC(C)=O)c1)NCc1nc(C)c(C)o1.I. The van der Waals surface area contributed by atoms with Crippen molar-refractivity contribution in [3.8, 4) is 5.75 Å². The first kappa shape index (κ1) is 23.7. The number of nitrogens with zero attached hydrogens (tertiary/aromatic N) is 2. The van der Waals surface area contributed by atoms with Gasteiger partial charge in [0.2, 0.25) is 11.8 Å². The zero-order chi connectivity index (χ0) is 19.8. The van der Waals surface area contributed by atoms with Crippen LogP contribution in [0.4, 0.5) is 5.69 Å². The molecule has 0 atom stereocenters. The fourth-order valence-electron chi connectivity index (χ4n) is 2.43. The molecule has 0 aliphatic heterocycles. The average Bonchev–Trinajstić information content (AvgIpc) is 2.95. The highest BCUT2D eigenvalue weighted by Crippen LogP contribution is 2.25. The van der Waals surface area contributed by atoms with Crippen LogP contribution in [0.25, 0.3) is 0 Å². The Kier molecular flexibility index (Phi) is 9.77. The summed E-state index contributed by atoms with van der Waals surface area (Å²) in [6, 6.07) is 5.58. The van der Waals surface area contributed by atoms with Crippen molar-refractivity contribution in [1.82, 2.24) is 15.6 Å². The molecule has 0 aliphatic carbocycles. The zero-order valence-corrected chi connectivity index (χ0v) is 19.2. The van der Waals surface area contributed by atoms with Gasteiger partial charge in [-0.3, -0.25) is 4.79 Å². The van der Waals surface area contributed by atoms with E-state index in [9.17, 15) is 4.79 Å². The van der Waals surface area contributed by atoms with E-state index >= 15 is 0 Å². The number of hydrogen-bond donors (Lipinski definition) is 3. The van der Waals surface area contributed by atoms with E-state index in [1.807, 2.05) is 39.0 Å². The molecule has 2 aromatic rings. The Labute approximate surface area is 182 Å². The Morgan fingerprint density at radius 2 is 2.04 bits per heavy atom. The van der Waals surface area contributed by atoms with Crippen LogP contribution in [0, 0.1) is 13.8 Å². The van der Waals surface area contributed by atoms with Crippen molar-refractivity contribution in [3.63, 3.8) is 0 Å². The molecular formula is C19H28IN5O3. The number of nitrogens with one attached hydrogen (secondary N) is 3. The molecular weight excluding hydrogens is 473 g/mol. The molecule has 0 aliphatic rings. The van der Waals surface area contributed by atoms with E-state index < -0.39 is 0 Å². The number of amides is 1. The molecule has 0 bridgehead atoms. The highest BCUT2D eigenvalue weighted by atomic mass is 127. The minimum Gasteiger partial charge on any atom is -0.495 e. The Bertz CT molecular complexity index is 800. The summed E-state index contributed by atoms with van der Waals surface area (Å²) in [4.78, 5) is 20.3. The molecule has 2 rings (SSSR count). The lowest BCUT2D eigenvalue weighted by Gasteiger charge is -2.12. The Morgan fingerprint density at radius 1 is 1.29 bits per heavy atom. The van der Waals surface area contributed by atoms with Gasteiger partial charge < -0.3 is 25.1 Å². The van der Waals surface area contributed by atoms with Crippen molar-refractivity contribution in [1.29, 1.82) is 0 Å². The number of anilines is 1. The molecule has 1 heterocycles. The Hall–Kier alpha value is -2.30. The normalized spacial score (nSPS) is 10.8. The molecule has 0 fully saturated rings. The molecule has 1 aromatic heterocycles. The van der Waals surface area contributed by atoms with Crippen molar-refractivity contribution >= 4 is 41.5 Å². The van der Waals surface area contributed by atoms with Gasteiger partial charge in [0, 0.05) is 13.5 Å².